The van der Waals surface area contributed by atoms with Gasteiger partial charge in [-0.1, -0.05) is 19.8 Å². The molecule has 5 unspecified atom stereocenters. The van der Waals surface area contributed by atoms with Crippen LogP contribution in [0.5, 0.6) is 0 Å². The van der Waals surface area contributed by atoms with Crippen molar-refractivity contribution in [3.63, 3.8) is 0 Å². The van der Waals surface area contributed by atoms with E-state index in [-0.39, 0.29) is 60.9 Å². The van der Waals surface area contributed by atoms with Gasteiger partial charge in [0.2, 0.25) is 11.8 Å². The number of aliphatic carboxylic acids is 1. The van der Waals surface area contributed by atoms with Crippen molar-refractivity contribution in [2.45, 2.75) is 121 Å². The molecule has 4 fully saturated rings. The summed E-state index contributed by atoms with van der Waals surface area (Å²) >= 11 is 0. The number of hydrogen-bond acceptors (Lipinski definition) is 6. The summed E-state index contributed by atoms with van der Waals surface area (Å²) in [5.74, 6) is 0.222. The molecule has 0 spiro atoms. The molecule has 11 nitrogen and oxygen atoms in total. The van der Waals surface area contributed by atoms with E-state index >= 15 is 0 Å². The second-order valence-corrected chi connectivity index (χ2v) is 13.6. The van der Waals surface area contributed by atoms with Gasteiger partial charge in [-0.3, -0.25) is 19.3 Å². The molecule has 244 valence electrons. The average molecular weight is 606 g/mol. The molecule has 0 bridgehead atoms. The predicted molar refractivity (Wildman–Crippen MR) is 163 cm³/mol. The summed E-state index contributed by atoms with van der Waals surface area (Å²) in [6.07, 6.45) is 12.2. The van der Waals surface area contributed by atoms with Crippen LogP contribution in [0, 0.1) is 17.8 Å². The fourth-order valence-electron chi connectivity index (χ4n) is 7.92. The van der Waals surface area contributed by atoms with Gasteiger partial charge in [-0.05, 0) is 82.0 Å². The maximum Gasteiger partial charge on any atom is 0.315 e. The number of methoxy groups -OCH3 is 1. The zero-order valence-electron chi connectivity index (χ0n) is 26.4. The van der Waals surface area contributed by atoms with Crippen LogP contribution in [0.1, 0.15) is 96.8 Å². The molecule has 5 atom stereocenters. The highest BCUT2D eigenvalue weighted by atomic mass is 16.5. The van der Waals surface area contributed by atoms with Crippen LogP contribution in [0.2, 0.25) is 0 Å². The predicted octanol–water partition coefficient (Wildman–Crippen LogP) is 3.12. The lowest BCUT2D eigenvalue weighted by Gasteiger charge is -2.41. The second-order valence-electron chi connectivity index (χ2n) is 13.6. The van der Waals surface area contributed by atoms with Gasteiger partial charge in [0, 0.05) is 63.9 Å². The zero-order chi connectivity index (χ0) is 30.8. The van der Waals surface area contributed by atoms with Gasteiger partial charge in [0.15, 0.2) is 0 Å². The van der Waals surface area contributed by atoms with Gasteiger partial charge >= 0.3 is 12.0 Å². The van der Waals surface area contributed by atoms with Crippen molar-refractivity contribution in [2.24, 2.45) is 17.8 Å². The Morgan fingerprint density at radius 2 is 1.67 bits per heavy atom. The van der Waals surface area contributed by atoms with E-state index in [1.54, 1.807) is 12.0 Å². The monoisotopic (exact) mass is 605 g/mol. The third kappa shape index (κ3) is 10.3. The van der Waals surface area contributed by atoms with E-state index in [4.69, 9.17) is 4.74 Å². The van der Waals surface area contributed by atoms with Crippen molar-refractivity contribution in [3.05, 3.63) is 0 Å². The lowest BCUT2D eigenvalue weighted by molar-refractivity contribution is -0.138. The molecule has 1 heterocycles. The van der Waals surface area contributed by atoms with Gasteiger partial charge < -0.3 is 30.7 Å². The quantitative estimate of drug-likeness (QED) is 0.251. The van der Waals surface area contributed by atoms with E-state index in [1.165, 1.54) is 19.3 Å². The number of nitrogens with one attached hydrogen (secondary N) is 3. The highest BCUT2D eigenvalue weighted by Crippen LogP contribution is 2.33. The van der Waals surface area contributed by atoms with E-state index < -0.39 is 5.97 Å². The van der Waals surface area contributed by atoms with Gasteiger partial charge in [0.25, 0.3) is 0 Å². The summed E-state index contributed by atoms with van der Waals surface area (Å²) in [4.78, 5) is 53.9. The first kappa shape index (κ1) is 33.5. The molecule has 4 rings (SSSR count). The molecular weight excluding hydrogens is 550 g/mol. The molecule has 1 aliphatic heterocycles. The largest absolute Gasteiger partial charge is 0.481 e. The molecule has 4 amide bonds. The van der Waals surface area contributed by atoms with E-state index in [1.807, 2.05) is 0 Å². The maximum absolute atomic E-state index is 13.1. The minimum absolute atomic E-state index is 0.0141. The molecular formula is C32H55N5O6. The number of ether oxygens (including phenoxy) is 1. The molecule has 0 radical (unpaired) electrons. The number of hydrogen-bond donors (Lipinski definition) is 4. The van der Waals surface area contributed by atoms with Crippen molar-refractivity contribution >= 4 is 23.8 Å². The summed E-state index contributed by atoms with van der Waals surface area (Å²) in [6.45, 7) is 4.69. The summed E-state index contributed by atoms with van der Waals surface area (Å²) in [5, 5.41) is 18.9. The smallest absolute Gasteiger partial charge is 0.315 e. The van der Waals surface area contributed by atoms with Gasteiger partial charge in [-0.2, -0.15) is 0 Å². The van der Waals surface area contributed by atoms with Crippen molar-refractivity contribution in [3.8, 4) is 0 Å². The van der Waals surface area contributed by atoms with Crippen LogP contribution < -0.4 is 16.0 Å². The minimum Gasteiger partial charge on any atom is -0.481 e. The number of carbonyl (C=O) groups is 4. The van der Waals surface area contributed by atoms with Crippen LogP contribution in [-0.2, 0) is 19.1 Å². The van der Waals surface area contributed by atoms with Crippen LogP contribution in [0.25, 0.3) is 0 Å². The molecule has 11 heteroatoms. The first-order valence-electron chi connectivity index (χ1n) is 16.8. The highest BCUT2D eigenvalue weighted by Gasteiger charge is 2.40. The Labute approximate surface area is 257 Å². The molecule has 4 N–H and O–H groups in total. The lowest BCUT2D eigenvalue weighted by Crippen LogP contribution is -2.50. The molecule has 4 aliphatic rings. The number of rotatable bonds is 12. The van der Waals surface area contributed by atoms with Gasteiger partial charge in [-0.15, -0.1) is 0 Å². The maximum atomic E-state index is 13.1. The molecule has 0 aromatic rings. The number of fused-ring (bicyclic) bond motifs is 1. The Bertz CT molecular complexity index is 941. The normalized spacial score (nSPS) is 31.9. The number of carboxylic acids is 1. The molecule has 3 aliphatic carbocycles. The molecule has 0 aromatic heterocycles. The Balaban J connectivity index is 1.22. The lowest BCUT2D eigenvalue weighted by atomic mass is 9.80. The van der Waals surface area contributed by atoms with Crippen molar-refractivity contribution in [2.75, 3.05) is 39.9 Å². The SMILES string of the molecule is COCCCN1CC(=O)N(CCC(=O)O)CC2CC(NC(=O)CC3CCC(NC(=O)NC4CCCCC4C)CC3)CCC21. The zero-order valence-corrected chi connectivity index (χ0v) is 26.4. The number of nitrogens with zero attached hydrogens (tertiary/aromatic N) is 2. The van der Waals surface area contributed by atoms with E-state index in [9.17, 15) is 24.3 Å². The second kappa shape index (κ2) is 16.6. The van der Waals surface area contributed by atoms with Crippen LogP contribution in [0.4, 0.5) is 4.79 Å². The summed E-state index contributed by atoms with van der Waals surface area (Å²) in [5.41, 5.74) is 0. The standard InChI is InChI=1S/C32H55N5O6/c1-22-6-3-4-7-27(22)35-32(42)34-25-10-8-23(9-11-25)18-29(38)33-26-12-13-28-24(19-26)20-37(16-14-31(40)41)30(39)21-36(28)15-5-17-43-2/h22-28H,3-21H2,1-2H3,(H,33,38)(H,40,41)(H2,34,35,42). The van der Waals surface area contributed by atoms with Crippen molar-refractivity contribution in [1.29, 1.82) is 0 Å². The molecule has 1 saturated heterocycles. The Kier molecular flexibility index (Phi) is 12.9. The van der Waals surface area contributed by atoms with E-state index in [0.29, 0.717) is 38.0 Å². The molecule has 43 heavy (non-hydrogen) atoms. The Hall–Kier alpha value is -2.40. The first-order valence-corrected chi connectivity index (χ1v) is 16.8. The van der Waals surface area contributed by atoms with Crippen LogP contribution in [-0.4, -0.2) is 103 Å². The number of carboxylic acid groups (broad SMARTS) is 1. The number of carbonyl (C=O) groups excluding carboxylic acids is 3. The van der Waals surface area contributed by atoms with Gasteiger partial charge in [0.1, 0.15) is 0 Å². The molecule has 3 saturated carbocycles. The fraction of sp³-hybridized carbons (Fsp3) is 0.875. The summed E-state index contributed by atoms with van der Waals surface area (Å²) in [7, 11) is 1.68. The summed E-state index contributed by atoms with van der Waals surface area (Å²) in [6, 6.07) is 0.698. The van der Waals surface area contributed by atoms with Crippen molar-refractivity contribution < 1.29 is 29.0 Å². The summed E-state index contributed by atoms with van der Waals surface area (Å²) < 4.78 is 5.23. The molecule has 0 aromatic carbocycles. The minimum atomic E-state index is -0.901. The Morgan fingerprint density at radius 1 is 0.930 bits per heavy atom. The van der Waals surface area contributed by atoms with Crippen LogP contribution in [0.15, 0.2) is 0 Å². The van der Waals surface area contributed by atoms with Crippen LogP contribution in [0.3, 0.4) is 0 Å². The Morgan fingerprint density at radius 3 is 2.40 bits per heavy atom. The number of amides is 4. The first-order chi connectivity index (χ1) is 20.7. The third-order valence-electron chi connectivity index (χ3n) is 10.4. The average Bonchev–Trinajstić information content (AvgIpc) is 3.09. The fourth-order valence-corrected chi connectivity index (χ4v) is 7.92. The van der Waals surface area contributed by atoms with E-state index in [2.05, 4.69) is 27.8 Å². The third-order valence-corrected chi connectivity index (χ3v) is 10.4. The van der Waals surface area contributed by atoms with Gasteiger partial charge in [-0.25, -0.2) is 4.79 Å². The van der Waals surface area contributed by atoms with Crippen LogP contribution >= 0.6 is 0 Å². The van der Waals surface area contributed by atoms with Gasteiger partial charge in [0.05, 0.1) is 13.0 Å². The van der Waals surface area contributed by atoms with Crippen molar-refractivity contribution in [1.82, 2.24) is 25.8 Å². The highest BCUT2D eigenvalue weighted by molar-refractivity contribution is 5.79. The van der Waals surface area contributed by atoms with E-state index in [0.717, 1.165) is 64.3 Å². The topological polar surface area (TPSA) is 140 Å². The number of urea groups is 1.